The van der Waals surface area contributed by atoms with Crippen LogP contribution in [0.1, 0.15) is 15.9 Å². The van der Waals surface area contributed by atoms with Gasteiger partial charge in [-0.1, -0.05) is 5.16 Å². The van der Waals surface area contributed by atoms with Gasteiger partial charge in [-0.15, -0.1) is 0 Å². The standard InChI is InChI=1S/C11H12N4O2/c1-7-4-8(2-3-10(7)15-12)11(16)14-9-5-13-17-6-9/h2-6,15H,12H2,1H3,(H,14,16). The summed E-state index contributed by atoms with van der Waals surface area (Å²) in [5.41, 5.74) is 5.29. The Bertz CT molecular complexity index is 522. The van der Waals surface area contributed by atoms with Crippen molar-refractivity contribution < 1.29 is 9.32 Å². The lowest BCUT2D eigenvalue weighted by molar-refractivity contribution is 0.102. The van der Waals surface area contributed by atoms with E-state index in [2.05, 4.69) is 20.4 Å². The van der Waals surface area contributed by atoms with Crippen LogP contribution >= 0.6 is 0 Å². The SMILES string of the molecule is Cc1cc(C(=O)Nc2cnoc2)ccc1NN. The van der Waals surface area contributed by atoms with Crippen LogP contribution in [-0.2, 0) is 0 Å². The lowest BCUT2D eigenvalue weighted by atomic mass is 10.1. The number of anilines is 2. The number of aryl methyl sites for hydroxylation is 1. The maximum Gasteiger partial charge on any atom is 0.255 e. The molecular weight excluding hydrogens is 220 g/mol. The lowest BCUT2D eigenvalue weighted by Gasteiger charge is -2.07. The second-order valence-electron chi connectivity index (χ2n) is 3.54. The Kier molecular flexibility index (Phi) is 3.06. The Morgan fingerprint density at radius 1 is 1.47 bits per heavy atom. The van der Waals surface area contributed by atoms with E-state index in [9.17, 15) is 4.79 Å². The summed E-state index contributed by atoms with van der Waals surface area (Å²) in [4.78, 5) is 11.8. The van der Waals surface area contributed by atoms with Gasteiger partial charge in [0.15, 0.2) is 0 Å². The van der Waals surface area contributed by atoms with E-state index in [1.54, 1.807) is 18.2 Å². The molecule has 4 N–H and O–H groups in total. The maximum atomic E-state index is 11.8. The number of nitrogens with zero attached hydrogens (tertiary/aromatic N) is 1. The molecule has 0 bridgehead atoms. The molecule has 2 rings (SSSR count). The molecule has 0 aliphatic rings. The zero-order valence-electron chi connectivity index (χ0n) is 9.23. The largest absolute Gasteiger partial charge is 0.363 e. The second kappa shape index (κ2) is 4.67. The fourth-order valence-electron chi connectivity index (χ4n) is 1.44. The first-order valence-electron chi connectivity index (χ1n) is 4.98. The quantitative estimate of drug-likeness (QED) is 0.551. The number of nitrogens with two attached hydrogens (primary N) is 1. The molecule has 0 aliphatic heterocycles. The van der Waals surface area contributed by atoms with Gasteiger partial charge in [-0.2, -0.15) is 0 Å². The summed E-state index contributed by atoms with van der Waals surface area (Å²) in [6.45, 7) is 1.87. The Morgan fingerprint density at radius 3 is 2.88 bits per heavy atom. The molecule has 0 unspecified atom stereocenters. The Balaban J connectivity index is 2.17. The first kappa shape index (κ1) is 11.2. The van der Waals surface area contributed by atoms with Crippen LogP contribution in [0.4, 0.5) is 11.4 Å². The van der Waals surface area contributed by atoms with Crippen molar-refractivity contribution in [2.75, 3.05) is 10.7 Å². The number of hydrogen-bond donors (Lipinski definition) is 3. The molecule has 0 saturated heterocycles. The number of carbonyl (C=O) groups excluding carboxylic acids is 1. The summed E-state index contributed by atoms with van der Waals surface area (Å²) in [5.74, 6) is 5.09. The summed E-state index contributed by atoms with van der Waals surface area (Å²) >= 11 is 0. The van der Waals surface area contributed by atoms with Crippen LogP contribution in [0, 0.1) is 6.92 Å². The third kappa shape index (κ3) is 2.43. The lowest BCUT2D eigenvalue weighted by Crippen LogP contribution is -2.13. The molecule has 6 heteroatoms. The molecule has 0 aliphatic carbocycles. The molecule has 0 saturated carbocycles. The molecule has 1 amide bonds. The van der Waals surface area contributed by atoms with Crippen LogP contribution < -0.4 is 16.6 Å². The number of carbonyl (C=O) groups is 1. The van der Waals surface area contributed by atoms with E-state index >= 15 is 0 Å². The molecule has 0 radical (unpaired) electrons. The van der Waals surface area contributed by atoms with Crippen LogP contribution in [-0.4, -0.2) is 11.1 Å². The molecule has 1 aromatic heterocycles. The number of amides is 1. The monoisotopic (exact) mass is 232 g/mol. The third-order valence-corrected chi connectivity index (χ3v) is 2.33. The van der Waals surface area contributed by atoms with Crippen molar-refractivity contribution in [1.82, 2.24) is 5.16 Å². The van der Waals surface area contributed by atoms with E-state index in [0.29, 0.717) is 11.3 Å². The minimum absolute atomic E-state index is 0.222. The van der Waals surface area contributed by atoms with E-state index in [-0.39, 0.29) is 5.91 Å². The first-order chi connectivity index (χ1) is 8.20. The van der Waals surface area contributed by atoms with Crippen LogP contribution in [0.25, 0.3) is 0 Å². The fourth-order valence-corrected chi connectivity index (χ4v) is 1.44. The number of hydrogen-bond acceptors (Lipinski definition) is 5. The highest BCUT2D eigenvalue weighted by atomic mass is 16.5. The fraction of sp³-hybridized carbons (Fsp3) is 0.0909. The average Bonchev–Trinajstić information content (AvgIpc) is 2.81. The number of benzene rings is 1. The Morgan fingerprint density at radius 2 is 2.29 bits per heavy atom. The number of rotatable bonds is 3. The molecule has 0 fully saturated rings. The van der Waals surface area contributed by atoms with E-state index in [1.165, 1.54) is 12.5 Å². The molecule has 6 nitrogen and oxygen atoms in total. The second-order valence-corrected chi connectivity index (χ2v) is 3.54. The zero-order chi connectivity index (χ0) is 12.3. The van der Waals surface area contributed by atoms with E-state index in [4.69, 9.17) is 5.84 Å². The molecular formula is C11H12N4O2. The zero-order valence-corrected chi connectivity index (χ0v) is 9.23. The molecule has 0 spiro atoms. The van der Waals surface area contributed by atoms with Gasteiger partial charge in [-0.05, 0) is 30.7 Å². The highest BCUT2D eigenvalue weighted by Crippen LogP contribution is 2.16. The van der Waals surface area contributed by atoms with Crippen molar-refractivity contribution in [2.24, 2.45) is 5.84 Å². The van der Waals surface area contributed by atoms with Crippen molar-refractivity contribution in [3.63, 3.8) is 0 Å². The van der Waals surface area contributed by atoms with Crippen LogP contribution in [0.15, 0.2) is 35.2 Å². The molecule has 0 atom stereocenters. The Labute approximate surface area is 97.8 Å². The van der Waals surface area contributed by atoms with Crippen molar-refractivity contribution in [1.29, 1.82) is 0 Å². The number of hydrazine groups is 1. The topological polar surface area (TPSA) is 93.2 Å². The highest BCUT2D eigenvalue weighted by Gasteiger charge is 2.08. The van der Waals surface area contributed by atoms with Crippen molar-refractivity contribution in [2.45, 2.75) is 6.92 Å². The highest BCUT2D eigenvalue weighted by molar-refractivity contribution is 6.04. The third-order valence-electron chi connectivity index (χ3n) is 2.33. The summed E-state index contributed by atoms with van der Waals surface area (Å²) in [6, 6.07) is 5.18. The molecule has 17 heavy (non-hydrogen) atoms. The summed E-state index contributed by atoms with van der Waals surface area (Å²) in [6.07, 6.45) is 2.79. The van der Waals surface area contributed by atoms with Crippen LogP contribution in [0.3, 0.4) is 0 Å². The van der Waals surface area contributed by atoms with E-state index in [1.807, 2.05) is 6.92 Å². The first-order valence-corrected chi connectivity index (χ1v) is 4.98. The summed E-state index contributed by atoms with van der Waals surface area (Å²) < 4.78 is 4.62. The molecule has 1 heterocycles. The van der Waals surface area contributed by atoms with Crippen molar-refractivity contribution >= 4 is 17.3 Å². The average molecular weight is 232 g/mol. The summed E-state index contributed by atoms with van der Waals surface area (Å²) in [5, 5.41) is 6.15. The van der Waals surface area contributed by atoms with E-state index in [0.717, 1.165) is 11.3 Å². The van der Waals surface area contributed by atoms with Gasteiger partial charge in [0.2, 0.25) is 0 Å². The van der Waals surface area contributed by atoms with Gasteiger partial charge in [0.05, 0.1) is 11.9 Å². The maximum absolute atomic E-state index is 11.8. The predicted octanol–water partition coefficient (Wildman–Crippen LogP) is 1.52. The van der Waals surface area contributed by atoms with Gasteiger partial charge in [-0.3, -0.25) is 10.6 Å². The molecule has 88 valence electrons. The van der Waals surface area contributed by atoms with E-state index < -0.39 is 0 Å². The summed E-state index contributed by atoms with van der Waals surface area (Å²) in [7, 11) is 0. The molecule has 1 aromatic carbocycles. The van der Waals surface area contributed by atoms with Gasteiger partial charge >= 0.3 is 0 Å². The van der Waals surface area contributed by atoms with Gasteiger partial charge in [-0.25, -0.2) is 0 Å². The number of aromatic nitrogens is 1. The van der Waals surface area contributed by atoms with Crippen molar-refractivity contribution in [3.8, 4) is 0 Å². The van der Waals surface area contributed by atoms with Crippen LogP contribution in [0.2, 0.25) is 0 Å². The van der Waals surface area contributed by atoms with Crippen LogP contribution in [0.5, 0.6) is 0 Å². The minimum atomic E-state index is -0.222. The Hall–Kier alpha value is -2.34. The number of nitrogen functional groups attached to an aromatic ring is 1. The van der Waals surface area contributed by atoms with Gasteiger partial charge in [0, 0.05) is 5.56 Å². The van der Waals surface area contributed by atoms with Gasteiger partial charge in [0.25, 0.3) is 5.91 Å². The predicted molar refractivity (Wildman–Crippen MR) is 63.4 cm³/mol. The minimum Gasteiger partial charge on any atom is -0.363 e. The normalized spacial score (nSPS) is 10.0. The smallest absolute Gasteiger partial charge is 0.255 e. The molecule has 2 aromatic rings. The van der Waals surface area contributed by atoms with Gasteiger partial charge < -0.3 is 15.3 Å². The van der Waals surface area contributed by atoms with Gasteiger partial charge in [0.1, 0.15) is 12.0 Å². The number of nitrogens with one attached hydrogen (secondary N) is 2. The van der Waals surface area contributed by atoms with Crippen molar-refractivity contribution in [3.05, 3.63) is 41.8 Å².